The van der Waals surface area contributed by atoms with Crippen molar-refractivity contribution in [3.05, 3.63) is 51.8 Å². The van der Waals surface area contributed by atoms with Crippen molar-refractivity contribution < 1.29 is 4.42 Å². The summed E-state index contributed by atoms with van der Waals surface area (Å²) < 4.78 is 6.52. The fraction of sp³-hybridized carbons (Fsp3) is 0.261. The van der Waals surface area contributed by atoms with Crippen LogP contribution in [0.4, 0.5) is 5.82 Å². The normalized spacial score (nSPS) is 19.7. The number of pyridine rings is 1. The van der Waals surface area contributed by atoms with Gasteiger partial charge in [-0.1, -0.05) is 23.6 Å². The molecule has 0 radical (unpaired) electrons. The van der Waals surface area contributed by atoms with E-state index in [9.17, 15) is 4.79 Å². The number of para-hydroxylation sites is 1. The van der Waals surface area contributed by atoms with E-state index >= 15 is 0 Å². The number of anilines is 1. The van der Waals surface area contributed by atoms with Gasteiger partial charge in [-0.3, -0.25) is 4.90 Å². The molecular formula is C23H19ClN4O2S. The molecule has 1 aliphatic rings. The second-order valence-electron chi connectivity index (χ2n) is 7.74. The number of piperazine rings is 1. The van der Waals surface area contributed by atoms with Crippen LogP contribution in [0.15, 0.2) is 45.6 Å². The fourth-order valence-electron chi connectivity index (χ4n) is 3.83. The number of likely N-dealkylation sites (N-methyl/N-ethyl adjacent to an activating group) is 1. The predicted molar refractivity (Wildman–Crippen MR) is 126 cm³/mol. The maximum Gasteiger partial charge on any atom is 0.347 e. The van der Waals surface area contributed by atoms with Gasteiger partial charge >= 0.3 is 5.63 Å². The van der Waals surface area contributed by atoms with Crippen LogP contribution in [-0.4, -0.2) is 47.1 Å². The SMILES string of the molecule is C#C[C@@H]1CN(C)[C@@H](C)CN1c1ccc2cc(-c3nc4c(Cl)cccc4s3)c(=O)oc2n1. The van der Waals surface area contributed by atoms with Crippen molar-refractivity contribution in [2.24, 2.45) is 0 Å². The summed E-state index contributed by atoms with van der Waals surface area (Å²) in [4.78, 5) is 26.3. The smallest absolute Gasteiger partial charge is 0.347 e. The number of nitrogens with zero attached hydrogens (tertiary/aromatic N) is 4. The van der Waals surface area contributed by atoms with Crippen molar-refractivity contribution in [2.45, 2.75) is 19.0 Å². The van der Waals surface area contributed by atoms with Gasteiger partial charge in [0.05, 0.1) is 15.3 Å². The van der Waals surface area contributed by atoms with Crippen LogP contribution >= 0.6 is 22.9 Å². The van der Waals surface area contributed by atoms with Gasteiger partial charge in [-0.05, 0) is 44.3 Å². The van der Waals surface area contributed by atoms with Crippen LogP contribution < -0.4 is 10.5 Å². The highest BCUT2D eigenvalue weighted by Gasteiger charge is 2.29. The number of hydrogen-bond donors (Lipinski definition) is 0. The lowest BCUT2D eigenvalue weighted by atomic mass is 10.1. The molecule has 2 atom stereocenters. The first-order valence-electron chi connectivity index (χ1n) is 9.88. The molecule has 0 saturated carbocycles. The second kappa shape index (κ2) is 7.65. The minimum atomic E-state index is -0.479. The monoisotopic (exact) mass is 450 g/mol. The third-order valence-corrected chi connectivity index (χ3v) is 7.08. The summed E-state index contributed by atoms with van der Waals surface area (Å²) in [5.41, 5.74) is 0.885. The van der Waals surface area contributed by atoms with Gasteiger partial charge in [-0.15, -0.1) is 17.8 Å². The summed E-state index contributed by atoms with van der Waals surface area (Å²) in [5, 5.41) is 1.85. The van der Waals surface area contributed by atoms with Crippen molar-refractivity contribution in [1.29, 1.82) is 0 Å². The number of benzene rings is 1. The molecule has 3 aromatic heterocycles. The first-order chi connectivity index (χ1) is 14.9. The summed E-state index contributed by atoms with van der Waals surface area (Å²) in [6.45, 7) is 3.65. The third-order valence-electron chi connectivity index (χ3n) is 5.72. The van der Waals surface area contributed by atoms with E-state index in [0.29, 0.717) is 33.0 Å². The fourth-order valence-corrected chi connectivity index (χ4v) is 5.10. The van der Waals surface area contributed by atoms with Crippen LogP contribution in [0.1, 0.15) is 6.92 Å². The lowest BCUT2D eigenvalue weighted by Gasteiger charge is -2.42. The molecule has 4 aromatic rings. The van der Waals surface area contributed by atoms with Gasteiger partial charge in [-0.25, -0.2) is 9.78 Å². The Hall–Kier alpha value is -2.92. The molecule has 0 bridgehead atoms. The lowest BCUT2D eigenvalue weighted by molar-refractivity contribution is 0.216. The topological polar surface area (TPSA) is 62.5 Å². The number of hydrogen-bond acceptors (Lipinski definition) is 7. The van der Waals surface area contributed by atoms with E-state index < -0.39 is 5.63 Å². The Morgan fingerprint density at radius 3 is 2.87 bits per heavy atom. The number of terminal acetylenes is 1. The van der Waals surface area contributed by atoms with Gasteiger partial charge < -0.3 is 9.32 Å². The Balaban J connectivity index is 1.56. The van der Waals surface area contributed by atoms with Crippen LogP contribution in [0.5, 0.6) is 0 Å². The molecule has 0 aliphatic carbocycles. The van der Waals surface area contributed by atoms with E-state index in [-0.39, 0.29) is 11.8 Å². The van der Waals surface area contributed by atoms with Crippen molar-refractivity contribution in [3.8, 4) is 22.9 Å². The second-order valence-corrected chi connectivity index (χ2v) is 9.18. The minimum Gasteiger partial charge on any atom is -0.403 e. The highest BCUT2D eigenvalue weighted by molar-refractivity contribution is 7.21. The molecule has 4 heterocycles. The number of aromatic nitrogens is 2. The zero-order chi connectivity index (χ0) is 21.7. The predicted octanol–water partition coefficient (Wildman–Crippen LogP) is 4.26. The van der Waals surface area contributed by atoms with Gasteiger partial charge in [0, 0.05) is 24.5 Å². The van der Waals surface area contributed by atoms with Crippen LogP contribution in [0.3, 0.4) is 0 Å². The molecule has 8 heteroatoms. The van der Waals surface area contributed by atoms with Crippen molar-refractivity contribution in [3.63, 3.8) is 0 Å². The first kappa shape index (κ1) is 20.0. The van der Waals surface area contributed by atoms with Crippen LogP contribution in [0.25, 0.3) is 31.9 Å². The lowest BCUT2D eigenvalue weighted by Crippen LogP contribution is -2.55. The molecule has 0 unspecified atom stereocenters. The molecular weight excluding hydrogens is 432 g/mol. The Bertz CT molecular complexity index is 1410. The van der Waals surface area contributed by atoms with Gasteiger partial charge in [0.25, 0.3) is 0 Å². The van der Waals surface area contributed by atoms with Gasteiger partial charge in [0.15, 0.2) is 0 Å². The highest BCUT2D eigenvalue weighted by atomic mass is 35.5. The number of thiazole rings is 1. The minimum absolute atomic E-state index is 0.0929. The molecule has 31 heavy (non-hydrogen) atoms. The van der Waals surface area contributed by atoms with E-state index in [2.05, 4.69) is 39.7 Å². The van der Waals surface area contributed by atoms with Crippen LogP contribution in [0, 0.1) is 12.3 Å². The zero-order valence-corrected chi connectivity index (χ0v) is 18.6. The third kappa shape index (κ3) is 3.47. The first-order valence-corrected chi connectivity index (χ1v) is 11.1. The molecule has 0 N–H and O–H groups in total. The summed E-state index contributed by atoms with van der Waals surface area (Å²) in [6, 6.07) is 11.4. The van der Waals surface area contributed by atoms with Crippen LogP contribution in [0.2, 0.25) is 5.02 Å². The average Bonchev–Trinajstić information content (AvgIpc) is 3.20. The molecule has 0 spiro atoms. The van der Waals surface area contributed by atoms with Crippen molar-refractivity contribution in [2.75, 3.05) is 25.0 Å². The van der Waals surface area contributed by atoms with Crippen molar-refractivity contribution in [1.82, 2.24) is 14.9 Å². The number of rotatable bonds is 2. The summed E-state index contributed by atoms with van der Waals surface area (Å²) in [6.07, 6.45) is 5.77. The van der Waals surface area contributed by atoms with Crippen LogP contribution in [-0.2, 0) is 0 Å². The van der Waals surface area contributed by atoms with E-state index in [1.165, 1.54) is 11.3 Å². The summed E-state index contributed by atoms with van der Waals surface area (Å²) in [7, 11) is 2.07. The van der Waals surface area contributed by atoms with E-state index in [4.69, 9.17) is 22.4 Å². The molecule has 156 valence electrons. The molecule has 1 fully saturated rings. The molecule has 0 amide bonds. The molecule has 6 nitrogen and oxygen atoms in total. The quantitative estimate of drug-likeness (QED) is 0.425. The standard InChI is InChI=1S/C23H19ClN4O2S/c1-4-15-12-27(3)13(2)11-28(15)19-9-8-14-10-16(23(29)30-21(14)25-19)22-26-20-17(24)6-5-7-18(20)31-22/h1,5-10,13,15H,11-12H2,2-3H3/t13-,15+/m0/s1. The Morgan fingerprint density at radius 2 is 2.10 bits per heavy atom. The maximum absolute atomic E-state index is 12.8. The van der Waals surface area contributed by atoms with Gasteiger partial charge in [0.1, 0.15) is 22.4 Å². The number of halogens is 1. The summed E-state index contributed by atoms with van der Waals surface area (Å²) in [5.74, 6) is 3.55. The van der Waals surface area contributed by atoms with E-state index in [1.807, 2.05) is 24.3 Å². The zero-order valence-electron chi connectivity index (χ0n) is 17.0. The largest absolute Gasteiger partial charge is 0.403 e. The maximum atomic E-state index is 12.8. The molecule has 1 aromatic carbocycles. The average molecular weight is 451 g/mol. The van der Waals surface area contributed by atoms with Gasteiger partial charge in [0.2, 0.25) is 5.71 Å². The van der Waals surface area contributed by atoms with Gasteiger partial charge in [-0.2, -0.15) is 4.98 Å². The van der Waals surface area contributed by atoms with Crippen molar-refractivity contribution >= 4 is 50.1 Å². The molecule has 1 saturated heterocycles. The highest BCUT2D eigenvalue weighted by Crippen LogP contribution is 2.33. The Labute approximate surface area is 188 Å². The molecule has 1 aliphatic heterocycles. The Morgan fingerprint density at radius 1 is 1.26 bits per heavy atom. The number of fused-ring (bicyclic) bond motifs is 2. The molecule has 5 rings (SSSR count). The summed E-state index contributed by atoms with van der Waals surface area (Å²) >= 11 is 7.64. The van der Waals surface area contributed by atoms with E-state index in [0.717, 1.165) is 23.2 Å². The Kier molecular flexibility index (Phi) is 4.94. The van der Waals surface area contributed by atoms with E-state index in [1.54, 1.807) is 12.1 Å².